The van der Waals surface area contributed by atoms with Crippen LogP contribution in [0.2, 0.25) is 0 Å². The largest absolute Gasteiger partial charge is 0.465 e. The highest BCUT2D eigenvalue weighted by Gasteiger charge is 2.21. The molecule has 1 amide bonds. The van der Waals surface area contributed by atoms with Gasteiger partial charge in [0.2, 0.25) is 0 Å². The molecule has 2 aromatic carbocycles. The highest BCUT2D eigenvalue weighted by atomic mass is 19.3. The lowest BCUT2D eigenvalue weighted by Gasteiger charge is -2.05. The molecule has 0 aliphatic rings. The van der Waals surface area contributed by atoms with Gasteiger partial charge in [0.15, 0.2) is 11.6 Å². The maximum Gasteiger partial charge on any atom is 0.337 e. The van der Waals surface area contributed by atoms with Crippen LogP contribution >= 0.6 is 0 Å². The summed E-state index contributed by atoms with van der Waals surface area (Å²) in [6, 6.07) is 13.2. The summed E-state index contributed by atoms with van der Waals surface area (Å²) < 4.78 is 37.7. The Balaban J connectivity index is 1.44. The van der Waals surface area contributed by atoms with E-state index >= 15 is 0 Å². The molecule has 0 saturated heterocycles. The number of methoxy groups -OCH3 is 1. The van der Waals surface area contributed by atoms with Crippen molar-refractivity contribution in [2.45, 2.75) is 19.5 Å². The fourth-order valence-electron chi connectivity index (χ4n) is 3.11. The van der Waals surface area contributed by atoms with Gasteiger partial charge >= 0.3 is 17.8 Å². The van der Waals surface area contributed by atoms with E-state index in [1.807, 2.05) is 0 Å². The molecule has 4 rings (SSSR count). The van der Waals surface area contributed by atoms with Crippen LogP contribution in [0, 0.1) is 0 Å². The molecule has 0 unspecified atom stereocenters. The van der Waals surface area contributed by atoms with Crippen LogP contribution in [0.25, 0.3) is 11.0 Å². The molecule has 0 fully saturated rings. The number of nitrogens with zero attached hydrogens (tertiary/aromatic N) is 4. The third-order valence-corrected chi connectivity index (χ3v) is 4.67. The summed E-state index contributed by atoms with van der Waals surface area (Å²) in [4.78, 5) is 31.7. The molecular formula is C21H17F2N5O4. The Morgan fingerprint density at radius 2 is 1.88 bits per heavy atom. The Morgan fingerprint density at radius 1 is 1.12 bits per heavy atom. The minimum atomic E-state index is -2.79. The van der Waals surface area contributed by atoms with E-state index in [1.165, 1.54) is 11.7 Å². The van der Waals surface area contributed by atoms with E-state index in [9.17, 15) is 18.4 Å². The van der Waals surface area contributed by atoms with E-state index in [1.54, 1.807) is 48.5 Å². The van der Waals surface area contributed by atoms with Crippen LogP contribution in [-0.4, -0.2) is 38.7 Å². The molecule has 0 aliphatic heterocycles. The molecule has 0 bridgehead atoms. The average molecular weight is 441 g/mol. The number of esters is 1. The van der Waals surface area contributed by atoms with E-state index in [0.717, 1.165) is 5.56 Å². The standard InChI is InChI=1S/C21H17F2N5O4/c1-31-21(30)13-8-6-12(7-9-13)10-24-19(29)20-26-16(27-32-20)11-28-15-5-3-2-4-14(15)25-18(28)17(22)23/h2-9,17H,10-11H2,1H3,(H,24,29). The molecule has 4 aromatic rings. The van der Waals surface area contributed by atoms with E-state index in [0.29, 0.717) is 16.6 Å². The second-order valence-electron chi connectivity index (χ2n) is 6.73. The number of halogens is 2. The topological polar surface area (TPSA) is 112 Å². The number of alkyl halides is 2. The predicted molar refractivity (Wildman–Crippen MR) is 107 cm³/mol. The molecule has 9 nitrogen and oxygen atoms in total. The molecule has 11 heteroatoms. The van der Waals surface area contributed by atoms with Crippen LogP contribution in [0.1, 0.15) is 44.7 Å². The zero-order chi connectivity index (χ0) is 22.7. The lowest BCUT2D eigenvalue weighted by atomic mass is 10.1. The Labute approximate surface area is 180 Å². The minimum Gasteiger partial charge on any atom is -0.465 e. The number of carbonyl (C=O) groups excluding carboxylic acids is 2. The zero-order valence-corrected chi connectivity index (χ0v) is 16.8. The summed E-state index contributed by atoms with van der Waals surface area (Å²) in [7, 11) is 1.29. The summed E-state index contributed by atoms with van der Waals surface area (Å²) in [5, 5.41) is 6.34. The second kappa shape index (κ2) is 8.92. The minimum absolute atomic E-state index is 0.0580. The Morgan fingerprint density at radius 3 is 2.59 bits per heavy atom. The first kappa shape index (κ1) is 21.1. The van der Waals surface area contributed by atoms with E-state index in [2.05, 4.69) is 25.2 Å². The van der Waals surface area contributed by atoms with Crippen molar-refractivity contribution in [1.82, 2.24) is 25.0 Å². The van der Waals surface area contributed by atoms with Gasteiger partial charge in [0.1, 0.15) is 0 Å². The number of hydrogen-bond acceptors (Lipinski definition) is 7. The molecule has 1 N–H and O–H groups in total. The van der Waals surface area contributed by atoms with Gasteiger partial charge in [-0.2, -0.15) is 4.98 Å². The average Bonchev–Trinajstić information content (AvgIpc) is 3.43. The smallest absolute Gasteiger partial charge is 0.337 e. The number of nitrogens with one attached hydrogen (secondary N) is 1. The lowest BCUT2D eigenvalue weighted by molar-refractivity contribution is 0.0600. The fourth-order valence-corrected chi connectivity index (χ4v) is 3.11. The van der Waals surface area contributed by atoms with Crippen molar-refractivity contribution in [3.63, 3.8) is 0 Å². The SMILES string of the molecule is COC(=O)c1ccc(CNC(=O)c2nc(Cn3c(C(F)F)nc4ccccc43)no2)cc1. The number of carbonyl (C=O) groups is 2. The van der Waals surface area contributed by atoms with Crippen LogP contribution < -0.4 is 5.32 Å². The van der Waals surface area contributed by atoms with E-state index in [-0.39, 0.29) is 24.8 Å². The molecule has 2 heterocycles. The van der Waals surface area contributed by atoms with Gasteiger partial charge in [0.25, 0.3) is 6.43 Å². The molecule has 0 atom stereocenters. The third-order valence-electron chi connectivity index (χ3n) is 4.67. The molecule has 0 aliphatic carbocycles. The van der Waals surface area contributed by atoms with Crippen LogP contribution in [0.4, 0.5) is 8.78 Å². The number of aromatic nitrogens is 4. The maximum atomic E-state index is 13.4. The fraction of sp³-hybridized carbons (Fsp3) is 0.190. The van der Waals surface area contributed by atoms with Gasteiger partial charge < -0.3 is 19.1 Å². The number of rotatable bonds is 7. The number of hydrogen-bond donors (Lipinski definition) is 1. The number of benzene rings is 2. The second-order valence-corrected chi connectivity index (χ2v) is 6.73. The number of amides is 1. The normalized spacial score (nSPS) is 11.1. The number of fused-ring (bicyclic) bond motifs is 1. The molecule has 164 valence electrons. The van der Waals surface area contributed by atoms with Crippen molar-refractivity contribution < 1.29 is 27.6 Å². The van der Waals surface area contributed by atoms with Crippen LogP contribution in [0.15, 0.2) is 53.1 Å². The summed E-state index contributed by atoms with van der Waals surface area (Å²) in [6.07, 6.45) is -2.79. The molecule has 0 spiro atoms. The van der Waals surface area contributed by atoms with Crippen LogP contribution in [0.3, 0.4) is 0 Å². The predicted octanol–water partition coefficient (Wildman–Crippen LogP) is 3.12. The van der Waals surface area contributed by atoms with Crippen LogP contribution in [-0.2, 0) is 17.8 Å². The van der Waals surface area contributed by atoms with Gasteiger partial charge in [-0.25, -0.2) is 18.6 Å². The number of imidazole rings is 1. The molecule has 2 aromatic heterocycles. The lowest BCUT2D eigenvalue weighted by Crippen LogP contribution is -2.23. The van der Waals surface area contributed by atoms with Crippen molar-refractivity contribution in [2.24, 2.45) is 0 Å². The van der Waals surface area contributed by atoms with Gasteiger partial charge in [-0.3, -0.25) is 4.79 Å². The van der Waals surface area contributed by atoms with Crippen molar-refractivity contribution in [3.05, 3.63) is 77.2 Å². The zero-order valence-electron chi connectivity index (χ0n) is 16.8. The van der Waals surface area contributed by atoms with Gasteiger partial charge in [-0.1, -0.05) is 29.4 Å². The quantitative estimate of drug-likeness (QED) is 0.439. The van der Waals surface area contributed by atoms with Crippen molar-refractivity contribution in [2.75, 3.05) is 7.11 Å². The Hall–Kier alpha value is -4.15. The summed E-state index contributed by atoms with van der Waals surface area (Å²) >= 11 is 0. The Kier molecular flexibility index (Phi) is 5.88. The number of ether oxygens (including phenoxy) is 1. The monoisotopic (exact) mass is 441 g/mol. The van der Waals surface area contributed by atoms with Gasteiger partial charge in [0.05, 0.1) is 30.3 Å². The Bertz CT molecular complexity index is 1270. The summed E-state index contributed by atoms with van der Waals surface area (Å²) in [5.74, 6) is -1.74. The van der Waals surface area contributed by atoms with Gasteiger partial charge in [0, 0.05) is 6.54 Å². The van der Waals surface area contributed by atoms with E-state index < -0.39 is 24.1 Å². The molecular weight excluding hydrogens is 424 g/mol. The molecule has 0 radical (unpaired) electrons. The van der Waals surface area contributed by atoms with E-state index in [4.69, 9.17) is 4.52 Å². The summed E-state index contributed by atoms with van der Waals surface area (Å²) in [6.45, 7) is 0.0195. The first-order chi connectivity index (χ1) is 15.5. The van der Waals surface area contributed by atoms with Gasteiger partial charge in [-0.05, 0) is 29.8 Å². The number of para-hydroxylation sites is 2. The van der Waals surface area contributed by atoms with Crippen molar-refractivity contribution >= 4 is 22.9 Å². The van der Waals surface area contributed by atoms with Crippen molar-refractivity contribution in [1.29, 1.82) is 0 Å². The highest BCUT2D eigenvalue weighted by Crippen LogP contribution is 2.24. The van der Waals surface area contributed by atoms with Gasteiger partial charge in [-0.15, -0.1) is 0 Å². The third kappa shape index (κ3) is 4.31. The molecule has 32 heavy (non-hydrogen) atoms. The van der Waals surface area contributed by atoms with Crippen LogP contribution in [0.5, 0.6) is 0 Å². The first-order valence-electron chi connectivity index (χ1n) is 9.47. The summed E-state index contributed by atoms with van der Waals surface area (Å²) in [5.41, 5.74) is 2.04. The van der Waals surface area contributed by atoms with Crippen molar-refractivity contribution in [3.8, 4) is 0 Å². The maximum absolute atomic E-state index is 13.4. The highest BCUT2D eigenvalue weighted by molar-refractivity contribution is 5.90. The molecule has 0 saturated carbocycles. The first-order valence-corrected chi connectivity index (χ1v) is 9.47.